The molecule has 3 heteroatoms. The second-order valence-corrected chi connectivity index (χ2v) is 5.67. The van der Waals surface area contributed by atoms with Gasteiger partial charge in [0.1, 0.15) is 0 Å². The van der Waals surface area contributed by atoms with Crippen molar-refractivity contribution in [2.75, 3.05) is 0 Å². The van der Waals surface area contributed by atoms with Crippen LogP contribution in [0.3, 0.4) is 0 Å². The van der Waals surface area contributed by atoms with E-state index in [0.717, 1.165) is 18.4 Å². The summed E-state index contributed by atoms with van der Waals surface area (Å²) >= 11 is 0. The first kappa shape index (κ1) is 13.2. The zero-order chi connectivity index (χ0) is 12.6. The highest BCUT2D eigenvalue weighted by molar-refractivity contribution is 5.78. The van der Waals surface area contributed by atoms with Gasteiger partial charge < -0.3 is 10.2 Å². The van der Waals surface area contributed by atoms with Gasteiger partial charge in [0.15, 0.2) is 0 Å². The number of aliphatic hydroxyl groups is 1. The highest BCUT2D eigenvalue weighted by atomic mass is 16.4. The summed E-state index contributed by atoms with van der Waals surface area (Å²) in [5.74, 6) is -0.201. The summed E-state index contributed by atoms with van der Waals surface area (Å²) in [5, 5.41) is 17.4. The fourth-order valence-electron chi connectivity index (χ4n) is 3.16. The van der Waals surface area contributed by atoms with Crippen molar-refractivity contribution < 1.29 is 15.0 Å². The van der Waals surface area contributed by atoms with Gasteiger partial charge in [0.2, 0.25) is 0 Å². The average molecular weight is 226 g/mol. The van der Waals surface area contributed by atoms with E-state index in [1.54, 1.807) is 0 Å². The molecule has 0 saturated heterocycles. The molecule has 0 spiro atoms. The van der Waals surface area contributed by atoms with Crippen LogP contribution in [0.4, 0.5) is 0 Å². The van der Waals surface area contributed by atoms with Crippen LogP contribution in [-0.4, -0.2) is 22.3 Å². The summed E-state index contributed by atoms with van der Waals surface area (Å²) in [4.78, 5) is 9.25. The SMILES string of the molecule is C=CC(=O)O.CC1(C)[C@@H]2CC[C@]1(C)[C@H](O)C2. The zero-order valence-corrected chi connectivity index (χ0v) is 10.4. The van der Waals surface area contributed by atoms with E-state index in [-0.39, 0.29) is 11.5 Å². The molecule has 0 amide bonds. The molecule has 2 rings (SSSR count). The molecule has 0 aromatic heterocycles. The minimum atomic E-state index is -0.981. The Hall–Kier alpha value is -0.830. The van der Waals surface area contributed by atoms with Crippen LogP contribution in [0, 0.1) is 16.7 Å². The van der Waals surface area contributed by atoms with Gasteiger partial charge in [-0.1, -0.05) is 27.4 Å². The van der Waals surface area contributed by atoms with E-state index in [1.807, 2.05) is 0 Å². The van der Waals surface area contributed by atoms with Crippen molar-refractivity contribution in [1.82, 2.24) is 0 Å². The summed E-state index contributed by atoms with van der Waals surface area (Å²) in [5.41, 5.74) is 0.601. The third-order valence-electron chi connectivity index (χ3n) is 4.92. The van der Waals surface area contributed by atoms with Crippen molar-refractivity contribution in [2.24, 2.45) is 16.7 Å². The average Bonchev–Trinajstić information content (AvgIpc) is 2.51. The lowest BCUT2D eigenvalue weighted by atomic mass is 9.70. The van der Waals surface area contributed by atoms with E-state index in [4.69, 9.17) is 5.11 Å². The van der Waals surface area contributed by atoms with Gasteiger partial charge in [0, 0.05) is 6.08 Å². The summed E-state index contributed by atoms with van der Waals surface area (Å²) in [6.45, 7) is 9.86. The predicted octanol–water partition coefficient (Wildman–Crippen LogP) is 2.45. The van der Waals surface area contributed by atoms with Gasteiger partial charge in [-0.15, -0.1) is 0 Å². The van der Waals surface area contributed by atoms with E-state index in [0.29, 0.717) is 5.41 Å². The number of carboxylic acids is 1. The van der Waals surface area contributed by atoms with Crippen molar-refractivity contribution in [3.8, 4) is 0 Å². The summed E-state index contributed by atoms with van der Waals surface area (Å²) < 4.78 is 0. The van der Waals surface area contributed by atoms with Crippen LogP contribution in [0.25, 0.3) is 0 Å². The van der Waals surface area contributed by atoms with Gasteiger partial charge in [-0.3, -0.25) is 0 Å². The van der Waals surface area contributed by atoms with Crippen LogP contribution in [0.2, 0.25) is 0 Å². The summed E-state index contributed by atoms with van der Waals surface area (Å²) in [6.07, 6.45) is 4.41. The smallest absolute Gasteiger partial charge is 0.327 e. The molecule has 2 N–H and O–H groups in total. The van der Waals surface area contributed by atoms with E-state index in [9.17, 15) is 9.90 Å². The molecule has 0 aromatic carbocycles. The molecule has 2 saturated carbocycles. The van der Waals surface area contributed by atoms with Crippen LogP contribution < -0.4 is 0 Å². The normalized spacial score (nSPS) is 38.8. The van der Waals surface area contributed by atoms with Gasteiger partial charge in [-0.2, -0.15) is 0 Å². The highest BCUT2D eigenvalue weighted by Crippen LogP contribution is 2.65. The number of carbonyl (C=O) groups is 1. The van der Waals surface area contributed by atoms with E-state index in [2.05, 4.69) is 27.4 Å². The van der Waals surface area contributed by atoms with Crippen molar-refractivity contribution in [1.29, 1.82) is 0 Å². The maximum absolute atomic E-state index is 9.81. The fraction of sp³-hybridized carbons (Fsp3) is 0.769. The maximum atomic E-state index is 9.81. The van der Waals surface area contributed by atoms with Gasteiger partial charge in [-0.25, -0.2) is 4.79 Å². The second-order valence-electron chi connectivity index (χ2n) is 5.67. The summed E-state index contributed by atoms with van der Waals surface area (Å²) in [7, 11) is 0. The number of fused-ring (bicyclic) bond motifs is 2. The Kier molecular flexibility index (Phi) is 3.48. The third kappa shape index (κ3) is 1.88. The summed E-state index contributed by atoms with van der Waals surface area (Å²) in [6, 6.07) is 0. The molecule has 3 nitrogen and oxygen atoms in total. The van der Waals surface area contributed by atoms with Gasteiger partial charge in [0.25, 0.3) is 0 Å². The number of aliphatic hydroxyl groups excluding tert-OH is 1. The minimum Gasteiger partial charge on any atom is -0.478 e. The molecular weight excluding hydrogens is 204 g/mol. The molecule has 92 valence electrons. The number of hydrogen-bond acceptors (Lipinski definition) is 2. The van der Waals surface area contributed by atoms with Crippen molar-refractivity contribution in [3.05, 3.63) is 12.7 Å². The van der Waals surface area contributed by atoms with E-state index in [1.165, 1.54) is 12.8 Å². The molecule has 0 radical (unpaired) electrons. The van der Waals surface area contributed by atoms with Crippen LogP contribution in [0.1, 0.15) is 40.0 Å². The Balaban J connectivity index is 0.000000221. The van der Waals surface area contributed by atoms with Crippen molar-refractivity contribution in [3.63, 3.8) is 0 Å². The minimum absolute atomic E-state index is 0.0313. The molecule has 2 aliphatic rings. The van der Waals surface area contributed by atoms with Crippen molar-refractivity contribution in [2.45, 2.75) is 46.1 Å². The molecular formula is C13H22O3. The number of hydrogen-bond donors (Lipinski definition) is 2. The first-order valence-corrected chi connectivity index (χ1v) is 5.79. The lowest BCUT2D eigenvalue weighted by Gasteiger charge is -2.36. The Morgan fingerprint density at radius 3 is 2.06 bits per heavy atom. The number of aliphatic carboxylic acids is 1. The molecule has 2 bridgehead atoms. The fourth-order valence-corrected chi connectivity index (χ4v) is 3.16. The first-order chi connectivity index (χ1) is 7.25. The highest BCUT2D eigenvalue weighted by Gasteiger charge is 2.60. The lowest BCUT2D eigenvalue weighted by molar-refractivity contribution is -0.131. The number of carboxylic acid groups (broad SMARTS) is 1. The largest absolute Gasteiger partial charge is 0.478 e. The molecule has 0 aliphatic heterocycles. The second kappa shape index (κ2) is 4.21. The first-order valence-electron chi connectivity index (χ1n) is 5.79. The standard InChI is InChI=1S/C10H18O.C3H4O2/c1-9(2)7-4-5-10(9,3)8(11)6-7;1-2-3(4)5/h7-8,11H,4-6H2,1-3H3;2H,1H2,(H,4,5)/t7-,8-,10-;/m1./s1. The molecule has 2 fully saturated rings. The quantitative estimate of drug-likeness (QED) is 0.675. The third-order valence-corrected chi connectivity index (χ3v) is 4.92. The van der Waals surface area contributed by atoms with Gasteiger partial charge in [-0.05, 0) is 36.0 Å². The maximum Gasteiger partial charge on any atom is 0.327 e. The van der Waals surface area contributed by atoms with Crippen LogP contribution in [0.5, 0.6) is 0 Å². The molecule has 2 aliphatic carbocycles. The monoisotopic (exact) mass is 226 g/mol. The Labute approximate surface area is 97.2 Å². The topological polar surface area (TPSA) is 57.5 Å². The zero-order valence-electron chi connectivity index (χ0n) is 10.4. The Morgan fingerprint density at radius 1 is 1.44 bits per heavy atom. The van der Waals surface area contributed by atoms with E-state index < -0.39 is 5.97 Å². The molecule has 0 aromatic rings. The predicted molar refractivity (Wildman–Crippen MR) is 63.1 cm³/mol. The lowest BCUT2D eigenvalue weighted by Crippen LogP contribution is -2.35. The number of rotatable bonds is 1. The van der Waals surface area contributed by atoms with Gasteiger partial charge in [0.05, 0.1) is 6.10 Å². The van der Waals surface area contributed by atoms with Crippen LogP contribution >= 0.6 is 0 Å². The Bertz CT molecular complexity index is 296. The molecule has 16 heavy (non-hydrogen) atoms. The van der Waals surface area contributed by atoms with Gasteiger partial charge >= 0.3 is 5.97 Å². The van der Waals surface area contributed by atoms with Crippen LogP contribution in [0.15, 0.2) is 12.7 Å². The molecule has 0 heterocycles. The van der Waals surface area contributed by atoms with Crippen LogP contribution in [-0.2, 0) is 4.79 Å². The molecule has 0 unspecified atom stereocenters. The molecule has 3 atom stereocenters. The van der Waals surface area contributed by atoms with Crippen molar-refractivity contribution >= 4 is 5.97 Å². The Morgan fingerprint density at radius 2 is 1.94 bits per heavy atom. The van der Waals surface area contributed by atoms with E-state index >= 15 is 0 Å².